The molecule has 2 aromatic carbocycles. The minimum absolute atomic E-state index is 0.0900. The van der Waals surface area contributed by atoms with Crippen molar-refractivity contribution in [2.45, 2.75) is 49.8 Å². The average molecular weight is 484 g/mol. The first-order chi connectivity index (χ1) is 15.9. The van der Waals surface area contributed by atoms with Crippen molar-refractivity contribution < 1.29 is 13.2 Å². The maximum absolute atomic E-state index is 13.3. The van der Waals surface area contributed by atoms with Gasteiger partial charge < -0.3 is 4.90 Å². The van der Waals surface area contributed by atoms with Gasteiger partial charge in [-0.1, -0.05) is 24.6 Å². The zero-order chi connectivity index (χ0) is 23.0. The summed E-state index contributed by atoms with van der Waals surface area (Å²) in [6.45, 7) is 4.22. The van der Waals surface area contributed by atoms with Gasteiger partial charge >= 0.3 is 0 Å². The standard InChI is InChI=1S/C25H29N3O3S2/c1-18-9-10-20(17-23(18)33(30,31)28-13-5-2-6-14-28)25(29)27-15-11-19(12-16-27)24-26-21-7-3-4-8-22(21)32-24/h3-4,7-10,17,19H,2,5-6,11-16H2,1H3. The Kier molecular flexibility index (Phi) is 6.24. The molecular formula is C25H29N3O3S2. The maximum Gasteiger partial charge on any atom is 0.253 e. The van der Waals surface area contributed by atoms with Crippen molar-refractivity contribution in [1.82, 2.24) is 14.2 Å². The minimum atomic E-state index is -3.58. The first-order valence-corrected chi connectivity index (χ1v) is 13.9. The maximum atomic E-state index is 13.3. The SMILES string of the molecule is Cc1ccc(C(=O)N2CCC(c3nc4ccccc4s3)CC2)cc1S(=O)(=O)N1CCCCC1. The average Bonchev–Trinajstić information content (AvgIpc) is 3.29. The predicted octanol–water partition coefficient (Wildman–Crippen LogP) is 4.80. The molecule has 1 amide bonds. The Labute approximate surface area is 199 Å². The van der Waals surface area contributed by atoms with Gasteiger partial charge in [-0.25, -0.2) is 13.4 Å². The topological polar surface area (TPSA) is 70.6 Å². The van der Waals surface area contributed by atoms with E-state index in [2.05, 4.69) is 6.07 Å². The van der Waals surface area contributed by atoms with Gasteiger partial charge in [0.25, 0.3) is 5.91 Å². The summed E-state index contributed by atoms with van der Waals surface area (Å²) in [5.41, 5.74) is 2.18. The van der Waals surface area contributed by atoms with Crippen LogP contribution in [-0.4, -0.2) is 54.7 Å². The van der Waals surface area contributed by atoms with E-state index in [0.717, 1.165) is 42.6 Å². The van der Waals surface area contributed by atoms with Crippen LogP contribution in [0.25, 0.3) is 10.2 Å². The summed E-state index contributed by atoms with van der Waals surface area (Å²) in [5.74, 6) is 0.271. The number of aryl methyl sites for hydroxylation is 1. The van der Waals surface area contributed by atoms with Gasteiger partial charge in [-0.05, 0) is 62.4 Å². The van der Waals surface area contributed by atoms with Crippen LogP contribution in [0, 0.1) is 6.92 Å². The zero-order valence-electron chi connectivity index (χ0n) is 18.9. The van der Waals surface area contributed by atoms with Crippen molar-refractivity contribution in [1.29, 1.82) is 0 Å². The molecule has 2 aliphatic heterocycles. The molecule has 0 N–H and O–H groups in total. The molecule has 0 saturated carbocycles. The number of para-hydroxylation sites is 1. The fraction of sp³-hybridized carbons (Fsp3) is 0.440. The number of amides is 1. The van der Waals surface area contributed by atoms with Gasteiger partial charge in [-0.3, -0.25) is 4.79 Å². The summed E-state index contributed by atoms with van der Waals surface area (Å²) in [7, 11) is -3.58. The highest BCUT2D eigenvalue weighted by atomic mass is 32.2. The van der Waals surface area contributed by atoms with Crippen LogP contribution < -0.4 is 0 Å². The quantitative estimate of drug-likeness (QED) is 0.535. The van der Waals surface area contributed by atoms with Crippen LogP contribution in [0.2, 0.25) is 0 Å². The molecule has 5 rings (SSSR count). The monoisotopic (exact) mass is 483 g/mol. The first-order valence-electron chi connectivity index (χ1n) is 11.7. The molecule has 3 heterocycles. The number of nitrogens with zero attached hydrogens (tertiary/aromatic N) is 3. The van der Waals surface area contributed by atoms with E-state index in [4.69, 9.17) is 4.98 Å². The second-order valence-corrected chi connectivity index (χ2v) is 12.0. The van der Waals surface area contributed by atoms with E-state index in [9.17, 15) is 13.2 Å². The molecule has 0 unspecified atom stereocenters. The molecule has 6 nitrogen and oxygen atoms in total. The highest BCUT2D eigenvalue weighted by Gasteiger charge is 2.30. The number of rotatable bonds is 4. The number of aromatic nitrogens is 1. The summed E-state index contributed by atoms with van der Waals surface area (Å²) in [4.78, 5) is 20.2. The lowest BCUT2D eigenvalue weighted by molar-refractivity contribution is 0.0712. The molecule has 0 radical (unpaired) electrons. The lowest BCUT2D eigenvalue weighted by Crippen LogP contribution is -2.38. The molecule has 3 aromatic rings. The predicted molar refractivity (Wildman–Crippen MR) is 131 cm³/mol. The molecule has 2 fully saturated rings. The van der Waals surface area contributed by atoms with Crippen LogP contribution in [0.4, 0.5) is 0 Å². The van der Waals surface area contributed by atoms with Crippen molar-refractivity contribution >= 4 is 37.5 Å². The molecule has 1 aromatic heterocycles. The van der Waals surface area contributed by atoms with Gasteiger partial charge in [-0.2, -0.15) is 4.31 Å². The number of piperidine rings is 2. The van der Waals surface area contributed by atoms with Gasteiger partial charge in [0.15, 0.2) is 0 Å². The molecule has 0 spiro atoms. The highest BCUT2D eigenvalue weighted by Crippen LogP contribution is 2.34. The van der Waals surface area contributed by atoms with E-state index in [0.29, 0.717) is 43.2 Å². The van der Waals surface area contributed by atoms with Crippen LogP contribution >= 0.6 is 11.3 Å². The summed E-state index contributed by atoms with van der Waals surface area (Å²) >= 11 is 1.74. The number of carbonyl (C=O) groups excluding carboxylic acids is 1. The second kappa shape index (κ2) is 9.16. The molecule has 0 aliphatic carbocycles. The van der Waals surface area contributed by atoms with E-state index in [1.807, 2.05) is 23.1 Å². The highest BCUT2D eigenvalue weighted by molar-refractivity contribution is 7.89. The summed E-state index contributed by atoms with van der Waals surface area (Å²) in [5, 5.41) is 1.15. The Morgan fingerprint density at radius 2 is 1.73 bits per heavy atom. The number of fused-ring (bicyclic) bond motifs is 1. The molecule has 33 heavy (non-hydrogen) atoms. The lowest BCUT2D eigenvalue weighted by Gasteiger charge is -2.31. The number of hydrogen-bond acceptors (Lipinski definition) is 5. The molecular weight excluding hydrogens is 454 g/mol. The minimum Gasteiger partial charge on any atom is -0.339 e. The number of sulfonamides is 1. The largest absolute Gasteiger partial charge is 0.339 e. The third-order valence-electron chi connectivity index (χ3n) is 6.81. The third-order valence-corrected chi connectivity index (χ3v) is 10.0. The van der Waals surface area contributed by atoms with E-state index < -0.39 is 10.0 Å². The smallest absolute Gasteiger partial charge is 0.253 e. The van der Waals surface area contributed by atoms with E-state index in [1.54, 1.807) is 40.8 Å². The van der Waals surface area contributed by atoms with Gasteiger partial charge in [0.2, 0.25) is 10.0 Å². The first kappa shape index (κ1) is 22.5. The van der Waals surface area contributed by atoms with Crippen molar-refractivity contribution in [2.24, 2.45) is 0 Å². The lowest BCUT2D eigenvalue weighted by atomic mass is 9.97. The Hall–Kier alpha value is -2.29. The van der Waals surface area contributed by atoms with Crippen LogP contribution in [0.15, 0.2) is 47.4 Å². The van der Waals surface area contributed by atoms with Gasteiger partial charge in [0, 0.05) is 37.7 Å². The van der Waals surface area contributed by atoms with Crippen molar-refractivity contribution in [3.8, 4) is 0 Å². The molecule has 0 atom stereocenters. The molecule has 8 heteroatoms. The molecule has 2 saturated heterocycles. The number of hydrogen-bond donors (Lipinski definition) is 0. The Balaban J connectivity index is 1.30. The van der Waals surface area contributed by atoms with Gasteiger partial charge in [0.05, 0.1) is 20.1 Å². The van der Waals surface area contributed by atoms with Gasteiger partial charge in [-0.15, -0.1) is 11.3 Å². The van der Waals surface area contributed by atoms with Crippen LogP contribution in [-0.2, 0) is 10.0 Å². The Bertz CT molecular complexity index is 1240. The second-order valence-electron chi connectivity index (χ2n) is 9.03. The van der Waals surface area contributed by atoms with Gasteiger partial charge in [0.1, 0.15) is 0 Å². The van der Waals surface area contributed by atoms with Crippen molar-refractivity contribution in [3.63, 3.8) is 0 Å². The number of thiazole rings is 1. The fourth-order valence-electron chi connectivity index (χ4n) is 4.83. The van der Waals surface area contributed by atoms with E-state index in [1.165, 1.54) is 4.70 Å². The van der Waals surface area contributed by atoms with Crippen LogP contribution in [0.1, 0.15) is 59.0 Å². The molecule has 2 aliphatic rings. The Morgan fingerprint density at radius 1 is 1.00 bits per heavy atom. The molecule has 0 bridgehead atoms. The number of benzene rings is 2. The van der Waals surface area contributed by atoms with Crippen LogP contribution in [0.5, 0.6) is 0 Å². The zero-order valence-corrected chi connectivity index (χ0v) is 20.5. The fourth-order valence-corrected chi connectivity index (χ4v) is 7.74. The van der Waals surface area contributed by atoms with E-state index >= 15 is 0 Å². The van der Waals surface area contributed by atoms with E-state index in [-0.39, 0.29) is 10.8 Å². The summed E-state index contributed by atoms with van der Waals surface area (Å²) in [6.07, 6.45) is 4.59. The summed E-state index contributed by atoms with van der Waals surface area (Å²) in [6, 6.07) is 13.3. The third kappa shape index (κ3) is 4.44. The Morgan fingerprint density at radius 3 is 2.45 bits per heavy atom. The van der Waals surface area contributed by atoms with Crippen molar-refractivity contribution in [3.05, 3.63) is 58.6 Å². The number of carbonyl (C=O) groups is 1. The number of likely N-dealkylation sites (tertiary alicyclic amines) is 1. The molecule has 174 valence electrons. The normalized spacial score (nSPS) is 18.6. The van der Waals surface area contributed by atoms with Crippen molar-refractivity contribution in [2.75, 3.05) is 26.2 Å². The van der Waals surface area contributed by atoms with Crippen LogP contribution in [0.3, 0.4) is 0 Å². The summed E-state index contributed by atoms with van der Waals surface area (Å²) < 4.78 is 29.2.